The topological polar surface area (TPSA) is 79.0 Å². The van der Waals surface area contributed by atoms with Gasteiger partial charge in [-0.3, -0.25) is 9.89 Å². The van der Waals surface area contributed by atoms with E-state index in [1.54, 1.807) is 0 Å². The zero-order valence-electron chi connectivity index (χ0n) is 11.5. The Hall–Kier alpha value is -2.48. The molecule has 3 N–H and O–H groups in total. The van der Waals surface area contributed by atoms with Crippen LogP contribution in [0.5, 0.6) is 5.75 Å². The van der Waals surface area contributed by atoms with E-state index in [0.29, 0.717) is 17.9 Å². The first kappa shape index (κ1) is 14.5. The third-order valence-electron chi connectivity index (χ3n) is 3.36. The second-order valence-corrected chi connectivity index (χ2v) is 4.81. The van der Waals surface area contributed by atoms with Crippen molar-refractivity contribution in [3.63, 3.8) is 0 Å². The van der Waals surface area contributed by atoms with Crippen LogP contribution in [0, 0.1) is 0 Å². The SMILES string of the molecule is O=C(Nc1ccc(OC(F)F)cc1)c1n[nH]c2c1CNCC2. The molecule has 0 bridgehead atoms. The van der Waals surface area contributed by atoms with Crippen molar-refractivity contribution in [3.8, 4) is 5.75 Å². The normalized spacial score (nSPS) is 13.8. The van der Waals surface area contributed by atoms with Gasteiger partial charge in [0.05, 0.1) is 0 Å². The summed E-state index contributed by atoms with van der Waals surface area (Å²) in [6.45, 7) is -1.43. The molecule has 3 rings (SSSR count). The number of H-pyrrole nitrogens is 1. The molecular weight excluding hydrogens is 294 g/mol. The van der Waals surface area contributed by atoms with Crippen molar-refractivity contribution in [2.24, 2.45) is 0 Å². The Morgan fingerprint density at radius 1 is 1.32 bits per heavy atom. The first-order valence-corrected chi connectivity index (χ1v) is 6.76. The highest BCUT2D eigenvalue weighted by Gasteiger charge is 2.21. The lowest BCUT2D eigenvalue weighted by Crippen LogP contribution is -2.25. The van der Waals surface area contributed by atoms with Gasteiger partial charge in [0.1, 0.15) is 5.75 Å². The number of benzene rings is 1. The number of carbonyl (C=O) groups excluding carboxylic acids is 1. The van der Waals surface area contributed by atoms with Crippen LogP contribution in [-0.4, -0.2) is 29.3 Å². The van der Waals surface area contributed by atoms with Crippen LogP contribution in [0.25, 0.3) is 0 Å². The second kappa shape index (κ2) is 6.10. The van der Waals surface area contributed by atoms with Crippen molar-refractivity contribution in [3.05, 3.63) is 41.2 Å². The van der Waals surface area contributed by atoms with Gasteiger partial charge in [0, 0.05) is 36.5 Å². The maximum Gasteiger partial charge on any atom is 0.387 e. The maximum atomic E-state index is 12.2. The molecule has 1 aliphatic heterocycles. The average Bonchev–Trinajstić information content (AvgIpc) is 2.93. The highest BCUT2D eigenvalue weighted by molar-refractivity contribution is 6.04. The molecule has 0 spiro atoms. The van der Waals surface area contributed by atoms with Gasteiger partial charge in [0.15, 0.2) is 5.69 Å². The first-order chi connectivity index (χ1) is 10.6. The lowest BCUT2D eigenvalue weighted by molar-refractivity contribution is -0.0498. The zero-order chi connectivity index (χ0) is 15.5. The molecule has 2 heterocycles. The molecule has 1 aromatic heterocycles. The van der Waals surface area contributed by atoms with Crippen molar-refractivity contribution in [2.75, 3.05) is 11.9 Å². The maximum absolute atomic E-state index is 12.2. The van der Waals surface area contributed by atoms with E-state index in [1.165, 1.54) is 24.3 Å². The molecule has 0 unspecified atom stereocenters. The fourth-order valence-electron chi connectivity index (χ4n) is 2.32. The highest BCUT2D eigenvalue weighted by Crippen LogP contribution is 2.20. The van der Waals surface area contributed by atoms with Crippen LogP contribution in [0.4, 0.5) is 14.5 Å². The molecule has 116 valence electrons. The summed E-state index contributed by atoms with van der Waals surface area (Å²) in [6, 6.07) is 5.71. The predicted molar refractivity (Wildman–Crippen MR) is 75.0 cm³/mol. The Labute approximate surface area is 124 Å². The molecule has 6 nitrogen and oxygen atoms in total. The fourth-order valence-corrected chi connectivity index (χ4v) is 2.32. The number of halogens is 2. The Bertz CT molecular complexity index is 670. The number of hydrogen-bond acceptors (Lipinski definition) is 4. The molecule has 1 aromatic carbocycles. The van der Waals surface area contributed by atoms with Crippen LogP contribution in [0.15, 0.2) is 24.3 Å². The summed E-state index contributed by atoms with van der Waals surface area (Å²) in [5.41, 5.74) is 2.65. The van der Waals surface area contributed by atoms with E-state index in [2.05, 4.69) is 25.6 Å². The van der Waals surface area contributed by atoms with Gasteiger partial charge in [-0.25, -0.2) is 0 Å². The highest BCUT2D eigenvalue weighted by atomic mass is 19.3. The Balaban J connectivity index is 1.70. The van der Waals surface area contributed by atoms with E-state index in [9.17, 15) is 13.6 Å². The van der Waals surface area contributed by atoms with Crippen molar-refractivity contribution < 1.29 is 18.3 Å². The van der Waals surface area contributed by atoms with Gasteiger partial charge in [-0.15, -0.1) is 0 Å². The number of aromatic amines is 1. The van der Waals surface area contributed by atoms with Crippen LogP contribution in [0.2, 0.25) is 0 Å². The monoisotopic (exact) mass is 308 g/mol. The number of anilines is 1. The number of amides is 1. The van der Waals surface area contributed by atoms with Gasteiger partial charge in [-0.2, -0.15) is 13.9 Å². The van der Waals surface area contributed by atoms with Crippen LogP contribution in [0.3, 0.4) is 0 Å². The van der Waals surface area contributed by atoms with Crippen LogP contribution < -0.4 is 15.4 Å². The number of nitrogens with zero attached hydrogens (tertiary/aromatic N) is 1. The molecule has 0 saturated carbocycles. The summed E-state index contributed by atoms with van der Waals surface area (Å²) in [7, 11) is 0. The van der Waals surface area contributed by atoms with Gasteiger partial charge in [0.2, 0.25) is 0 Å². The summed E-state index contributed by atoms with van der Waals surface area (Å²) < 4.78 is 28.4. The van der Waals surface area contributed by atoms with Gasteiger partial charge < -0.3 is 15.4 Å². The second-order valence-electron chi connectivity index (χ2n) is 4.81. The largest absolute Gasteiger partial charge is 0.435 e. The van der Waals surface area contributed by atoms with Gasteiger partial charge >= 0.3 is 6.61 Å². The molecule has 8 heteroatoms. The molecule has 0 atom stereocenters. The molecule has 1 amide bonds. The summed E-state index contributed by atoms with van der Waals surface area (Å²) in [6.07, 6.45) is 0.801. The molecule has 0 fully saturated rings. The van der Waals surface area contributed by atoms with Crippen LogP contribution in [-0.2, 0) is 13.0 Å². The molecule has 1 aliphatic rings. The Morgan fingerprint density at radius 2 is 2.09 bits per heavy atom. The van der Waals surface area contributed by atoms with E-state index >= 15 is 0 Å². The minimum atomic E-state index is -2.87. The standard InChI is InChI=1S/C14H14F2N4O2/c15-14(16)22-9-3-1-8(2-4-9)18-13(21)12-10-7-17-6-5-11(10)19-20-12/h1-4,14,17H,5-7H2,(H,18,21)(H,19,20). The number of fused-ring (bicyclic) bond motifs is 1. The van der Waals surface area contributed by atoms with Gasteiger partial charge in [0.25, 0.3) is 5.91 Å². The van der Waals surface area contributed by atoms with E-state index in [1.807, 2.05) is 0 Å². The lowest BCUT2D eigenvalue weighted by Gasteiger charge is -2.13. The number of alkyl halides is 2. The summed E-state index contributed by atoms with van der Waals surface area (Å²) in [5, 5.41) is 12.8. The number of rotatable bonds is 4. The summed E-state index contributed by atoms with van der Waals surface area (Å²) in [5.74, 6) is -0.307. The zero-order valence-corrected chi connectivity index (χ0v) is 11.5. The minimum absolute atomic E-state index is 0.0364. The predicted octanol–water partition coefficient (Wildman–Crippen LogP) is 1.91. The quantitative estimate of drug-likeness (QED) is 0.806. The van der Waals surface area contributed by atoms with E-state index < -0.39 is 6.61 Å². The molecule has 0 saturated heterocycles. The molecule has 2 aromatic rings. The fraction of sp³-hybridized carbons (Fsp3) is 0.286. The molecule has 22 heavy (non-hydrogen) atoms. The van der Waals surface area contributed by atoms with Gasteiger partial charge in [-0.1, -0.05) is 0 Å². The number of ether oxygens (including phenoxy) is 1. The minimum Gasteiger partial charge on any atom is -0.435 e. The number of hydrogen-bond donors (Lipinski definition) is 3. The molecule has 0 aliphatic carbocycles. The van der Waals surface area contributed by atoms with E-state index in [-0.39, 0.29) is 11.7 Å². The van der Waals surface area contributed by atoms with E-state index in [4.69, 9.17) is 0 Å². The Kier molecular flexibility index (Phi) is 4.01. The summed E-state index contributed by atoms with van der Waals surface area (Å²) in [4.78, 5) is 12.2. The van der Waals surface area contributed by atoms with E-state index in [0.717, 1.165) is 24.2 Å². The van der Waals surface area contributed by atoms with Crippen molar-refractivity contribution in [1.29, 1.82) is 0 Å². The van der Waals surface area contributed by atoms with Crippen molar-refractivity contribution in [2.45, 2.75) is 19.6 Å². The molecular formula is C14H14F2N4O2. The number of aromatic nitrogens is 2. The number of carbonyl (C=O) groups is 1. The Morgan fingerprint density at radius 3 is 2.82 bits per heavy atom. The summed E-state index contributed by atoms with van der Waals surface area (Å²) >= 11 is 0. The molecule has 0 radical (unpaired) electrons. The number of nitrogens with one attached hydrogen (secondary N) is 3. The average molecular weight is 308 g/mol. The lowest BCUT2D eigenvalue weighted by atomic mass is 10.1. The smallest absolute Gasteiger partial charge is 0.387 e. The van der Waals surface area contributed by atoms with Crippen LogP contribution in [0.1, 0.15) is 21.7 Å². The van der Waals surface area contributed by atoms with Crippen molar-refractivity contribution in [1.82, 2.24) is 15.5 Å². The van der Waals surface area contributed by atoms with Gasteiger partial charge in [-0.05, 0) is 24.3 Å². The third kappa shape index (κ3) is 3.06. The van der Waals surface area contributed by atoms with Crippen LogP contribution >= 0.6 is 0 Å². The first-order valence-electron chi connectivity index (χ1n) is 6.76. The third-order valence-corrected chi connectivity index (χ3v) is 3.36. The van der Waals surface area contributed by atoms with Crippen molar-refractivity contribution >= 4 is 11.6 Å².